The summed E-state index contributed by atoms with van der Waals surface area (Å²) < 4.78 is 12.3. The highest BCUT2D eigenvalue weighted by Gasteiger charge is 2.16. The summed E-state index contributed by atoms with van der Waals surface area (Å²) >= 11 is 0. The predicted octanol–water partition coefficient (Wildman–Crippen LogP) is 0.283. The summed E-state index contributed by atoms with van der Waals surface area (Å²) in [4.78, 5) is 34.6. The minimum atomic E-state index is -0.568. The van der Waals surface area contributed by atoms with Gasteiger partial charge in [-0.2, -0.15) is 0 Å². The molecule has 2 aromatic rings. The Morgan fingerprint density at radius 3 is 2.75 bits per heavy atom. The third kappa shape index (κ3) is 2.42. The first-order chi connectivity index (χ1) is 9.43. The monoisotopic (exact) mass is 278 g/mol. The van der Waals surface area contributed by atoms with Gasteiger partial charge >= 0.3 is 11.7 Å². The molecule has 0 unspecified atom stereocenters. The maximum Gasteiger partial charge on any atom is 0.374 e. The van der Waals surface area contributed by atoms with E-state index in [1.165, 1.54) is 31.0 Å². The van der Waals surface area contributed by atoms with Crippen LogP contribution < -0.4 is 11.2 Å². The zero-order valence-electron chi connectivity index (χ0n) is 11.4. The van der Waals surface area contributed by atoms with Gasteiger partial charge in [0.1, 0.15) is 5.76 Å². The standard InChI is InChI=1S/C13H14N2O5/c1-8-6-9(20-11(8)12(17)19-3)7-15-5-4-10(16)14(2)13(15)18/h4-6H,7H2,1-3H3. The maximum absolute atomic E-state index is 11.9. The van der Waals surface area contributed by atoms with Crippen LogP contribution in [0.3, 0.4) is 0 Å². The number of nitrogens with zero attached hydrogens (tertiary/aromatic N) is 2. The van der Waals surface area contributed by atoms with Crippen LogP contribution in [-0.2, 0) is 18.3 Å². The molecule has 2 heterocycles. The summed E-state index contributed by atoms with van der Waals surface area (Å²) in [6, 6.07) is 2.95. The van der Waals surface area contributed by atoms with E-state index in [1.54, 1.807) is 13.0 Å². The second-order valence-electron chi connectivity index (χ2n) is 4.34. The zero-order valence-corrected chi connectivity index (χ0v) is 11.4. The number of furan rings is 1. The minimum absolute atomic E-state index is 0.111. The fourth-order valence-electron chi connectivity index (χ4n) is 1.83. The van der Waals surface area contributed by atoms with E-state index in [1.807, 2.05) is 0 Å². The van der Waals surface area contributed by atoms with Gasteiger partial charge < -0.3 is 9.15 Å². The molecule has 0 radical (unpaired) electrons. The average molecular weight is 278 g/mol. The Bertz CT molecular complexity index is 766. The number of esters is 1. The van der Waals surface area contributed by atoms with Crippen molar-refractivity contribution in [1.82, 2.24) is 9.13 Å². The SMILES string of the molecule is COC(=O)c1oc(Cn2ccc(=O)n(C)c2=O)cc1C. The van der Waals surface area contributed by atoms with Gasteiger partial charge in [0.15, 0.2) is 0 Å². The van der Waals surface area contributed by atoms with Crippen molar-refractivity contribution in [3.63, 3.8) is 0 Å². The Labute approximate surface area is 114 Å². The smallest absolute Gasteiger partial charge is 0.374 e. The number of rotatable bonds is 3. The van der Waals surface area contributed by atoms with Crippen molar-refractivity contribution >= 4 is 5.97 Å². The molecular weight excluding hydrogens is 264 g/mol. The van der Waals surface area contributed by atoms with Crippen molar-refractivity contribution in [2.24, 2.45) is 7.05 Å². The number of aryl methyl sites for hydroxylation is 1. The number of aromatic nitrogens is 2. The number of methoxy groups -OCH3 is 1. The summed E-state index contributed by atoms with van der Waals surface area (Å²) in [5.74, 6) is -0.0226. The molecule has 2 rings (SSSR count). The molecule has 0 bridgehead atoms. The molecule has 0 saturated carbocycles. The third-order valence-electron chi connectivity index (χ3n) is 2.93. The van der Waals surface area contributed by atoms with Crippen molar-refractivity contribution in [3.8, 4) is 0 Å². The Kier molecular flexibility index (Phi) is 3.60. The predicted molar refractivity (Wildman–Crippen MR) is 69.8 cm³/mol. The van der Waals surface area contributed by atoms with Crippen molar-refractivity contribution in [3.05, 3.63) is 56.3 Å². The highest BCUT2D eigenvalue weighted by atomic mass is 16.5. The highest BCUT2D eigenvalue weighted by molar-refractivity contribution is 5.87. The number of hydrogen-bond acceptors (Lipinski definition) is 5. The molecular formula is C13H14N2O5. The molecule has 20 heavy (non-hydrogen) atoms. The van der Waals surface area contributed by atoms with Crippen LogP contribution >= 0.6 is 0 Å². The molecule has 2 aromatic heterocycles. The summed E-state index contributed by atoms with van der Waals surface area (Å²) in [7, 11) is 2.66. The lowest BCUT2D eigenvalue weighted by Crippen LogP contribution is -2.36. The third-order valence-corrected chi connectivity index (χ3v) is 2.93. The number of carbonyl (C=O) groups is 1. The fraction of sp³-hybridized carbons (Fsp3) is 0.308. The van der Waals surface area contributed by atoms with Gasteiger partial charge in [0, 0.05) is 24.9 Å². The normalized spacial score (nSPS) is 10.6. The fourth-order valence-corrected chi connectivity index (χ4v) is 1.83. The van der Waals surface area contributed by atoms with E-state index in [0.717, 1.165) is 4.57 Å². The number of ether oxygens (including phenoxy) is 1. The van der Waals surface area contributed by atoms with Gasteiger partial charge in [-0.05, 0) is 13.0 Å². The van der Waals surface area contributed by atoms with Gasteiger partial charge in [0.25, 0.3) is 5.56 Å². The van der Waals surface area contributed by atoms with E-state index in [-0.39, 0.29) is 17.9 Å². The van der Waals surface area contributed by atoms with Gasteiger partial charge in [0.05, 0.1) is 13.7 Å². The molecule has 7 nitrogen and oxygen atoms in total. The van der Waals surface area contributed by atoms with E-state index < -0.39 is 11.7 Å². The zero-order chi connectivity index (χ0) is 14.9. The molecule has 0 aliphatic heterocycles. The molecule has 0 amide bonds. The van der Waals surface area contributed by atoms with Crippen molar-refractivity contribution in [1.29, 1.82) is 0 Å². The summed E-state index contributed by atoms with van der Waals surface area (Å²) in [5, 5.41) is 0. The van der Waals surface area contributed by atoms with E-state index in [0.29, 0.717) is 11.3 Å². The first kappa shape index (κ1) is 13.9. The van der Waals surface area contributed by atoms with Gasteiger partial charge in [-0.25, -0.2) is 9.59 Å². The Balaban J connectivity index is 2.37. The maximum atomic E-state index is 11.9. The van der Waals surface area contributed by atoms with Crippen LogP contribution in [0.15, 0.2) is 32.3 Å². The van der Waals surface area contributed by atoms with Crippen LogP contribution in [0.25, 0.3) is 0 Å². The molecule has 0 aliphatic carbocycles. The van der Waals surface area contributed by atoms with Crippen molar-refractivity contribution < 1.29 is 13.9 Å². The lowest BCUT2D eigenvalue weighted by Gasteiger charge is -2.04. The van der Waals surface area contributed by atoms with Crippen molar-refractivity contribution in [2.75, 3.05) is 7.11 Å². The van der Waals surface area contributed by atoms with Gasteiger partial charge in [-0.3, -0.25) is 13.9 Å². The Hall–Kier alpha value is -2.57. The van der Waals surface area contributed by atoms with Crippen LogP contribution in [0, 0.1) is 6.92 Å². The molecule has 7 heteroatoms. The first-order valence-electron chi connectivity index (χ1n) is 5.88. The molecule has 0 atom stereocenters. The van der Waals surface area contributed by atoms with Gasteiger partial charge in [-0.1, -0.05) is 0 Å². The molecule has 0 saturated heterocycles. The van der Waals surface area contributed by atoms with Crippen LogP contribution in [0.1, 0.15) is 21.9 Å². The van der Waals surface area contributed by atoms with Gasteiger partial charge in [-0.15, -0.1) is 0 Å². The quantitative estimate of drug-likeness (QED) is 0.753. The second-order valence-corrected chi connectivity index (χ2v) is 4.34. The summed E-state index contributed by atoms with van der Waals surface area (Å²) in [5.41, 5.74) is -0.201. The largest absolute Gasteiger partial charge is 0.463 e. The molecule has 0 fully saturated rings. The average Bonchev–Trinajstić information content (AvgIpc) is 2.79. The summed E-state index contributed by atoms with van der Waals surface area (Å²) in [6.45, 7) is 1.84. The van der Waals surface area contributed by atoms with E-state index in [2.05, 4.69) is 4.74 Å². The number of hydrogen-bond donors (Lipinski definition) is 0. The Morgan fingerprint density at radius 1 is 1.40 bits per heavy atom. The van der Waals surface area contributed by atoms with Crippen LogP contribution in [0.5, 0.6) is 0 Å². The highest BCUT2D eigenvalue weighted by Crippen LogP contribution is 2.16. The first-order valence-corrected chi connectivity index (χ1v) is 5.88. The molecule has 106 valence electrons. The molecule has 0 aromatic carbocycles. The molecule has 0 aliphatic rings. The van der Waals surface area contributed by atoms with Gasteiger partial charge in [0.2, 0.25) is 5.76 Å². The lowest BCUT2D eigenvalue weighted by atomic mass is 10.2. The molecule has 0 N–H and O–H groups in total. The van der Waals surface area contributed by atoms with Crippen molar-refractivity contribution in [2.45, 2.75) is 13.5 Å². The van der Waals surface area contributed by atoms with E-state index in [9.17, 15) is 14.4 Å². The number of carbonyl (C=O) groups excluding carboxylic acids is 1. The molecule has 0 spiro atoms. The minimum Gasteiger partial charge on any atom is -0.463 e. The van der Waals surface area contributed by atoms with E-state index in [4.69, 9.17) is 4.42 Å². The lowest BCUT2D eigenvalue weighted by molar-refractivity contribution is 0.0561. The van der Waals surface area contributed by atoms with Crippen LogP contribution in [0.2, 0.25) is 0 Å². The Morgan fingerprint density at radius 2 is 2.10 bits per heavy atom. The topological polar surface area (TPSA) is 83.4 Å². The summed E-state index contributed by atoms with van der Waals surface area (Å²) in [6.07, 6.45) is 1.39. The van der Waals surface area contributed by atoms with Crippen LogP contribution in [0.4, 0.5) is 0 Å². The van der Waals surface area contributed by atoms with E-state index >= 15 is 0 Å². The van der Waals surface area contributed by atoms with Crippen LogP contribution in [-0.4, -0.2) is 22.2 Å². The second kappa shape index (κ2) is 5.20.